The highest BCUT2D eigenvalue weighted by Gasteiger charge is 2.29. The molecule has 9 heteroatoms. The van der Waals surface area contributed by atoms with Gasteiger partial charge in [0.25, 0.3) is 0 Å². The van der Waals surface area contributed by atoms with Crippen molar-refractivity contribution >= 4 is 42.4 Å². The van der Waals surface area contributed by atoms with Crippen molar-refractivity contribution in [3.05, 3.63) is 54.1 Å². The zero-order valence-electron chi connectivity index (χ0n) is 17.2. The van der Waals surface area contributed by atoms with Gasteiger partial charge in [-0.05, 0) is 30.5 Å². The summed E-state index contributed by atoms with van der Waals surface area (Å²) in [6.07, 6.45) is 1.64. The number of amides is 1. The summed E-state index contributed by atoms with van der Waals surface area (Å²) in [7, 11) is -2.05. The van der Waals surface area contributed by atoms with Crippen LogP contribution < -0.4 is 9.64 Å². The molecule has 31 heavy (non-hydrogen) atoms. The van der Waals surface area contributed by atoms with E-state index in [0.29, 0.717) is 28.6 Å². The second-order valence-corrected chi connectivity index (χ2v) is 10.6. The van der Waals surface area contributed by atoms with Gasteiger partial charge in [0, 0.05) is 12.7 Å². The molecule has 4 rings (SSSR count). The Morgan fingerprint density at radius 1 is 1.26 bits per heavy atom. The lowest BCUT2D eigenvalue weighted by molar-refractivity contribution is -0.116. The topological polar surface area (TPSA) is 85.8 Å². The number of anilines is 1. The molecule has 0 N–H and O–H groups in total. The highest BCUT2D eigenvalue weighted by molar-refractivity contribution is 7.91. The summed E-state index contributed by atoms with van der Waals surface area (Å²) in [6, 6.07) is 14.4. The molecule has 2 heterocycles. The van der Waals surface area contributed by atoms with E-state index >= 15 is 0 Å². The van der Waals surface area contributed by atoms with Crippen LogP contribution in [0.1, 0.15) is 18.4 Å². The average molecular weight is 461 g/mol. The van der Waals surface area contributed by atoms with Crippen molar-refractivity contribution in [1.29, 1.82) is 0 Å². The highest BCUT2D eigenvalue weighted by atomic mass is 32.2. The second-order valence-electron chi connectivity index (χ2n) is 7.49. The van der Waals surface area contributed by atoms with Crippen LogP contribution in [0.3, 0.4) is 0 Å². The SMILES string of the molecule is COc1ccc2sc(N(CC3CCCO3)C(=O)CS(=O)(=O)Cc3ccccc3)nc2c1. The molecule has 0 bridgehead atoms. The molecule has 7 nitrogen and oxygen atoms in total. The number of ether oxygens (including phenoxy) is 2. The van der Waals surface area contributed by atoms with Crippen LogP contribution in [0.4, 0.5) is 5.13 Å². The van der Waals surface area contributed by atoms with Crippen LogP contribution in [0, 0.1) is 0 Å². The van der Waals surface area contributed by atoms with Gasteiger partial charge >= 0.3 is 0 Å². The molecule has 1 aromatic heterocycles. The fourth-order valence-corrected chi connectivity index (χ4v) is 5.87. The molecule has 1 unspecified atom stereocenters. The average Bonchev–Trinajstić information content (AvgIpc) is 3.40. The highest BCUT2D eigenvalue weighted by Crippen LogP contribution is 2.32. The number of thiazole rings is 1. The van der Waals surface area contributed by atoms with Gasteiger partial charge in [-0.15, -0.1) is 0 Å². The van der Waals surface area contributed by atoms with Gasteiger partial charge < -0.3 is 9.47 Å². The van der Waals surface area contributed by atoms with Crippen LogP contribution in [0.15, 0.2) is 48.5 Å². The molecule has 1 aliphatic rings. The minimum atomic E-state index is -3.64. The van der Waals surface area contributed by atoms with Crippen LogP contribution in [0.2, 0.25) is 0 Å². The maximum atomic E-state index is 13.2. The summed E-state index contributed by atoms with van der Waals surface area (Å²) in [5.74, 6) is -0.567. The Labute approximate surface area is 185 Å². The molecule has 2 aromatic carbocycles. The first-order valence-electron chi connectivity index (χ1n) is 10.0. The van der Waals surface area contributed by atoms with E-state index in [1.165, 1.54) is 16.2 Å². The minimum Gasteiger partial charge on any atom is -0.497 e. The molecular formula is C22H24N2O5S2. The lowest BCUT2D eigenvalue weighted by Gasteiger charge is -2.23. The number of hydrogen-bond acceptors (Lipinski definition) is 7. The Bertz CT molecular complexity index is 1160. The molecule has 1 fully saturated rings. The summed E-state index contributed by atoms with van der Waals surface area (Å²) in [5, 5.41) is 0.471. The van der Waals surface area contributed by atoms with Crippen molar-refractivity contribution < 1.29 is 22.7 Å². The van der Waals surface area contributed by atoms with E-state index in [4.69, 9.17) is 9.47 Å². The fraction of sp³-hybridized carbons (Fsp3) is 0.364. The monoisotopic (exact) mass is 460 g/mol. The molecule has 0 spiro atoms. The van der Waals surface area contributed by atoms with E-state index in [1.807, 2.05) is 18.2 Å². The molecule has 3 aromatic rings. The van der Waals surface area contributed by atoms with Gasteiger partial charge in [-0.25, -0.2) is 13.4 Å². The Kier molecular flexibility index (Phi) is 6.54. The van der Waals surface area contributed by atoms with Crippen molar-refractivity contribution in [3.63, 3.8) is 0 Å². The molecule has 0 aliphatic carbocycles. The zero-order chi connectivity index (χ0) is 21.8. The molecule has 164 valence electrons. The third-order valence-electron chi connectivity index (χ3n) is 5.10. The van der Waals surface area contributed by atoms with Gasteiger partial charge in [0.05, 0.1) is 35.7 Å². The number of benzene rings is 2. The fourth-order valence-electron chi connectivity index (χ4n) is 3.56. The van der Waals surface area contributed by atoms with Crippen LogP contribution in [0.25, 0.3) is 10.2 Å². The van der Waals surface area contributed by atoms with Crippen LogP contribution in [-0.2, 0) is 25.1 Å². The Balaban J connectivity index is 1.59. The quantitative estimate of drug-likeness (QED) is 0.512. The Morgan fingerprint density at radius 3 is 2.77 bits per heavy atom. The summed E-state index contributed by atoms with van der Waals surface area (Å²) < 4.78 is 37.3. The third-order valence-corrected chi connectivity index (χ3v) is 7.62. The largest absolute Gasteiger partial charge is 0.497 e. The number of methoxy groups -OCH3 is 1. The maximum Gasteiger partial charge on any atom is 0.244 e. The summed E-state index contributed by atoms with van der Waals surface area (Å²) in [6.45, 7) is 0.937. The van der Waals surface area contributed by atoms with Crippen LogP contribution in [0.5, 0.6) is 5.75 Å². The van der Waals surface area contributed by atoms with E-state index in [9.17, 15) is 13.2 Å². The molecule has 1 saturated heterocycles. The van der Waals surface area contributed by atoms with Gasteiger partial charge in [0.15, 0.2) is 15.0 Å². The number of hydrogen-bond donors (Lipinski definition) is 0. The standard InChI is InChI=1S/C22H24N2O5S2/c1-28-17-9-10-20-19(12-17)23-22(30-20)24(13-18-8-5-11-29-18)21(25)15-31(26,27)14-16-6-3-2-4-7-16/h2-4,6-7,9-10,12,18H,5,8,11,13-15H2,1H3. The molecule has 0 radical (unpaired) electrons. The first kappa shape index (κ1) is 21.7. The number of aromatic nitrogens is 1. The third kappa shape index (κ3) is 5.41. The Hall–Kier alpha value is -2.49. The van der Waals surface area contributed by atoms with Gasteiger partial charge in [-0.1, -0.05) is 41.7 Å². The molecular weight excluding hydrogens is 436 g/mol. The Morgan fingerprint density at radius 2 is 2.06 bits per heavy atom. The molecule has 1 atom stereocenters. The van der Waals surface area contributed by atoms with Crippen LogP contribution >= 0.6 is 11.3 Å². The second kappa shape index (κ2) is 9.33. The minimum absolute atomic E-state index is 0.123. The van der Waals surface area contributed by atoms with Crippen molar-refractivity contribution in [1.82, 2.24) is 4.98 Å². The van der Waals surface area contributed by atoms with Crippen molar-refractivity contribution in [2.45, 2.75) is 24.7 Å². The number of sulfone groups is 1. The van der Waals surface area contributed by atoms with Crippen molar-refractivity contribution in [2.75, 3.05) is 30.9 Å². The smallest absolute Gasteiger partial charge is 0.244 e. The maximum absolute atomic E-state index is 13.2. The number of nitrogens with zero attached hydrogens (tertiary/aromatic N) is 2. The number of carbonyl (C=O) groups excluding carboxylic acids is 1. The normalized spacial score (nSPS) is 16.5. The first-order chi connectivity index (χ1) is 14.9. The summed E-state index contributed by atoms with van der Waals surface area (Å²) in [5.41, 5.74) is 1.37. The molecule has 1 amide bonds. The van der Waals surface area contributed by atoms with E-state index < -0.39 is 21.5 Å². The van der Waals surface area contributed by atoms with Gasteiger partial charge in [-0.2, -0.15) is 0 Å². The van der Waals surface area contributed by atoms with Crippen LogP contribution in [-0.4, -0.2) is 51.4 Å². The zero-order valence-corrected chi connectivity index (χ0v) is 18.8. The summed E-state index contributed by atoms with van der Waals surface area (Å²) in [4.78, 5) is 19.2. The lowest BCUT2D eigenvalue weighted by atomic mass is 10.2. The lowest BCUT2D eigenvalue weighted by Crippen LogP contribution is -2.41. The summed E-state index contributed by atoms with van der Waals surface area (Å²) >= 11 is 1.35. The van der Waals surface area contributed by atoms with Gasteiger partial charge in [0.1, 0.15) is 11.5 Å². The number of rotatable bonds is 8. The van der Waals surface area contributed by atoms with Gasteiger partial charge in [0.2, 0.25) is 5.91 Å². The van der Waals surface area contributed by atoms with Crippen molar-refractivity contribution in [2.24, 2.45) is 0 Å². The van der Waals surface area contributed by atoms with E-state index in [1.54, 1.807) is 37.4 Å². The van der Waals surface area contributed by atoms with Crippen molar-refractivity contribution in [3.8, 4) is 5.75 Å². The van der Waals surface area contributed by atoms with E-state index in [-0.39, 0.29) is 18.4 Å². The predicted octanol–water partition coefficient (Wildman–Crippen LogP) is 3.43. The number of carbonyl (C=O) groups is 1. The number of fused-ring (bicyclic) bond motifs is 1. The molecule has 0 saturated carbocycles. The van der Waals surface area contributed by atoms with Gasteiger partial charge in [-0.3, -0.25) is 9.69 Å². The molecule has 1 aliphatic heterocycles. The first-order valence-corrected chi connectivity index (χ1v) is 12.7. The van der Waals surface area contributed by atoms with E-state index in [2.05, 4.69) is 4.98 Å². The van der Waals surface area contributed by atoms with E-state index in [0.717, 1.165) is 17.5 Å². The predicted molar refractivity (Wildman–Crippen MR) is 121 cm³/mol.